The fraction of sp³-hybridized carbons (Fsp3) is 0.714. The number of likely N-dealkylation sites (tertiary alicyclic amines) is 1. The molecule has 6 heteroatoms. The molecule has 3 aliphatic heterocycles. The Kier molecular flexibility index (Phi) is 5.76. The molecule has 1 aromatic rings. The van der Waals surface area contributed by atoms with Crippen LogP contribution in [0.15, 0.2) is 18.2 Å². The molecular weight excluding hydrogens is 342 g/mol. The predicted octanol–water partition coefficient (Wildman–Crippen LogP) is 2.01. The smallest absolute Gasteiger partial charge is 0.225 e. The van der Waals surface area contributed by atoms with Crippen molar-refractivity contribution in [1.29, 1.82) is 0 Å². The van der Waals surface area contributed by atoms with E-state index in [0.717, 1.165) is 57.1 Å². The first-order valence-corrected chi connectivity index (χ1v) is 10.3. The normalized spacial score (nSPS) is 26.5. The lowest BCUT2D eigenvalue weighted by atomic mass is 9.87. The number of hydrogen-bond acceptors (Lipinski definition) is 5. The van der Waals surface area contributed by atoms with Crippen LogP contribution in [0.4, 0.5) is 0 Å². The summed E-state index contributed by atoms with van der Waals surface area (Å²) in [5, 5.41) is 0. The maximum atomic E-state index is 12.9. The van der Waals surface area contributed by atoms with Crippen molar-refractivity contribution in [3.63, 3.8) is 0 Å². The Balaban J connectivity index is 1.32. The van der Waals surface area contributed by atoms with Crippen LogP contribution in [0.25, 0.3) is 0 Å². The number of aromatic nitrogens is 1. The van der Waals surface area contributed by atoms with Crippen molar-refractivity contribution >= 4 is 5.91 Å². The maximum absolute atomic E-state index is 12.9. The highest BCUT2D eigenvalue weighted by atomic mass is 16.5. The molecule has 0 radical (unpaired) electrons. The van der Waals surface area contributed by atoms with Crippen molar-refractivity contribution in [1.82, 2.24) is 14.8 Å². The number of carbonyl (C=O) groups excluding carboxylic acids is 1. The van der Waals surface area contributed by atoms with Crippen LogP contribution in [-0.4, -0.2) is 72.3 Å². The van der Waals surface area contributed by atoms with Gasteiger partial charge in [0, 0.05) is 38.5 Å². The van der Waals surface area contributed by atoms with Crippen LogP contribution in [0.1, 0.15) is 37.1 Å². The van der Waals surface area contributed by atoms with Gasteiger partial charge in [0.2, 0.25) is 5.91 Å². The standard InChI is InChI=1S/C21H31N3O3/c1-17-3-2-4-19(22-17)15-24-10-12-27-21(13-20(24)25)6-8-23(9-7-21)14-18-5-11-26-16-18/h2-4,18H,5-16H2,1H3. The molecule has 3 saturated heterocycles. The highest BCUT2D eigenvalue weighted by molar-refractivity contribution is 5.77. The Hall–Kier alpha value is -1.50. The van der Waals surface area contributed by atoms with Gasteiger partial charge in [-0.2, -0.15) is 0 Å². The first-order chi connectivity index (χ1) is 13.1. The Labute approximate surface area is 161 Å². The lowest BCUT2D eigenvalue weighted by Crippen LogP contribution is -2.48. The molecule has 1 spiro atoms. The van der Waals surface area contributed by atoms with Crippen LogP contribution in [0.3, 0.4) is 0 Å². The van der Waals surface area contributed by atoms with Crippen LogP contribution in [0.2, 0.25) is 0 Å². The van der Waals surface area contributed by atoms with Crippen molar-refractivity contribution in [2.24, 2.45) is 5.92 Å². The molecule has 1 unspecified atom stereocenters. The van der Waals surface area contributed by atoms with Crippen molar-refractivity contribution in [3.05, 3.63) is 29.6 Å². The fourth-order valence-electron chi connectivity index (χ4n) is 4.54. The minimum atomic E-state index is -0.269. The summed E-state index contributed by atoms with van der Waals surface area (Å²) in [6.45, 7) is 8.80. The van der Waals surface area contributed by atoms with E-state index in [1.165, 1.54) is 6.42 Å². The third kappa shape index (κ3) is 4.68. The van der Waals surface area contributed by atoms with Crippen LogP contribution >= 0.6 is 0 Å². The molecule has 1 aromatic heterocycles. The van der Waals surface area contributed by atoms with E-state index in [0.29, 0.717) is 32.0 Å². The largest absolute Gasteiger partial charge is 0.381 e. The molecule has 0 bridgehead atoms. The second kappa shape index (κ2) is 8.25. The number of rotatable bonds is 4. The highest BCUT2D eigenvalue weighted by Gasteiger charge is 2.41. The summed E-state index contributed by atoms with van der Waals surface area (Å²) in [6, 6.07) is 5.98. The Morgan fingerprint density at radius 2 is 2.07 bits per heavy atom. The lowest BCUT2D eigenvalue weighted by Gasteiger charge is -2.41. The van der Waals surface area contributed by atoms with Gasteiger partial charge in [-0.05, 0) is 44.2 Å². The van der Waals surface area contributed by atoms with Crippen molar-refractivity contribution in [2.45, 2.75) is 44.8 Å². The third-order valence-electron chi connectivity index (χ3n) is 6.20. The molecule has 0 N–H and O–H groups in total. The molecule has 148 valence electrons. The molecule has 3 aliphatic rings. The molecule has 6 nitrogen and oxygen atoms in total. The number of ether oxygens (including phenoxy) is 2. The van der Waals surface area contributed by atoms with Crippen LogP contribution in [0.5, 0.6) is 0 Å². The molecular formula is C21H31N3O3. The van der Waals surface area contributed by atoms with E-state index in [9.17, 15) is 4.79 Å². The zero-order valence-corrected chi connectivity index (χ0v) is 16.4. The Morgan fingerprint density at radius 1 is 1.22 bits per heavy atom. The van der Waals surface area contributed by atoms with Gasteiger partial charge < -0.3 is 19.3 Å². The molecule has 1 amide bonds. The van der Waals surface area contributed by atoms with Gasteiger partial charge in [-0.25, -0.2) is 0 Å². The van der Waals surface area contributed by atoms with Crippen molar-refractivity contribution < 1.29 is 14.3 Å². The van der Waals surface area contributed by atoms with E-state index in [2.05, 4.69) is 9.88 Å². The van der Waals surface area contributed by atoms with Gasteiger partial charge in [0.25, 0.3) is 0 Å². The van der Waals surface area contributed by atoms with Gasteiger partial charge in [0.05, 0.1) is 37.5 Å². The number of hydrogen-bond donors (Lipinski definition) is 0. The molecule has 0 aliphatic carbocycles. The summed E-state index contributed by atoms with van der Waals surface area (Å²) in [6.07, 6.45) is 3.57. The van der Waals surface area contributed by atoms with Crippen molar-refractivity contribution in [3.8, 4) is 0 Å². The summed E-state index contributed by atoms with van der Waals surface area (Å²) in [5.41, 5.74) is 1.67. The third-order valence-corrected chi connectivity index (χ3v) is 6.20. The molecule has 4 rings (SSSR count). The zero-order chi connectivity index (χ0) is 18.7. The average Bonchev–Trinajstić information content (AvgIpc) is 3.11. The average molecular weight is 373 g/mol. The minimum Gasteiger partial charge on any atom is -0.381 e. The summed E-state index contributed by atoms with van der Waals surface area (Å²) in [5.74, 6) is 0.876. The minimum absolute atomic E-state index is 0.202. The van der Waals surface area contributed by atoms with E-state index in [4.69, 9.17) is 9.47 Å². The molecule has 1 atom stereocenters. The number of pyridine rings is 1. The zero-order valence-electron chi connectivity index (χ0n) is 16.4. The van der Waals surface area contributed by atoms with E-state index in [-0.39, 0.29) is 11.5 Å². The molecule has 0 saturated carbocycles. The van der Waals surface area contributed by atoms with E-state index in [1.807, 2.05) is 30.0 Å². The van der Waals surface area contributed by atoms with E-state index < -0.39 is 0 Å². The van der Waals surface area contributed by atoms with E-state index in [1.54, 1.807) is 0 Å². The first-order valence-electron chi connectivity index (χ1n) is 10.3. The van der Waals surface area contributed by atoms with Gasteiger partial charge in [0.1, 0.15) is 0 Å². The number of nitrogens with zero attached hydrogens (tertiary/aromatic N) is 3. The van der Waals surface area contributed by atoms with E-state index >= 15 is 0 Å². The molecule has 27 heavy (non-hydrogen) atoms. The lowest BCUT2D eigenvalue weighted by molar-refractivity contribution is -0.136. The Morgan fingerprint density at radius 3 is 2.81 bits per heavy atom. The van der Waals surface area contributed by atoms with Gasteiger partial charge in [-0.1, -0.05) is 6.07 Å². The predicted molar refractivity (Wildman–Crippen MR) is 102 cm³/mol. The first kappa shape index (κ1) is 18.8. The summed E-state index contributed by atoms with van der Waals surface area (Å²) >= 11 is 0. The maximum Gasteiger partial charge on any atom is 0.225 e. The SMILES string of the molecule is Cc1cccc(CN2CCOC3(CCN(CC4CCOC4)CC3)CC2=O)n1. The van der Waals surface area contributed by atoms with Crippen LogP contribution in [0, 0.1) is 12.8 Å². The quantitative estimate of drug-likeness (QED) is 0.808. The summed E-state index contributed by atoms with van der Waals surface area (Å²) in [7, 11) is 0. The van der Waals surface area contributed by atoms with Crippen LogP contribution < -0.4 is 0 Å². The topological polar surface area (TPSA) is 54.9 Å². The Bertz CT molecular complexity index is 652. The van der Waals surface area contributed by atoms with Crippen molar-refractivity contribution in [2.75, 3.05) is 46.0 Å². The van der Waals surface area contributed by atoms with Gasteiger partial charge in [-0.15, -0.1) is 0 Å². The number of carbonyl (C=O) groups is 1. The van der Waals surface area contributed by atoms with Gasteiger partial charge in [-0.3, -0.25) is 9.78 Å². The number of aryl methyl sites for hydroxylation is 1. The number of amides is 1. The summed E-state index contributed by atoms with van der Waals surface area (Å²) in [4.78, 5) is 21.9. The molecule has 4 heterocycles. The summed E-state index contributed by atoms with van der Waals surface area (Å²) < 4.78 is 11.8. The highest BCUT2D eigenvalue weighted by Crippen LogP contribution is 2.33. The molecule has 0 aromatic carbocycles. The fourth-order valence-corrected chi connectivity index (χ4v) is 4.54. The van der Waals surface area contributed by atoms with Gasteiger partial charge >= 0.3 is 0 Å². The second-order valence-electron chi connectivity index (χ2n) is 8.32. The number of piperidine rings is 1. The second-order valence-corrected chi connectivity index (χ2v) is 8.32. The monoisotopic (exact) mass is 373 g/mol. The molecule has 3 fully saturated rings. The van der Waals surface area contributed by atoms with Gasteiger partial charge in [0.15, 0.2) is 0 Å². The van der Waals surface area contributed by atoms with Crippen LogP contribution in [-0.2, 0) is 20.8 Å².